The minimum atomic E-state index is 1.11. The van der Waals surface area contributed by atoms with Crippen LogP contribution in [0, 0.1) is 0 Å². The molecule has 0 aliphatic carbocycles. The van der Waals surface area contributed by atoms with Crippen molar-refractivity contribution in [2.75, 3.05) is 9.80 Å². The highest BCUT2D eigenvalue weighted by atomic mass is 15.1. The molecule has 0 aromatic heterocycles. The predicted molar refractivity (Wildman–Crippen MR) is 282 cm³/mol. The van der Waals surface area contributed by atoms with E-state index < -0.39 is 0 Å². The molecule has 0 atom stereocenters. The minimum Gasteiger partial charge on any atom is -0.310 e. The van der Waals surface area contributed by atoms with Gasteiger partial charge in [-0.3, -0.25) is 0 Å². The summed E-state index contributed by atoms with van der Waals surface area (Å²) in [5.41, 5.74) is 13.9. The first-order valence-electron chi connectivity index (χ1n) is 22.6. The largest absolute Gasteiger partial charge is 0.310 e. The summed E-state index contributed by atoms with van der Waals surface area (Å²) in [5, 5.41) is 9.82. The average Bonchev–Trinajstić information content (AvgIpc) is 3.39. The topological polar surface area (TPSA) is 6.48 Å². The lowest BCUT2D eigenvalue weighted by Gasteiger charge is -2.26. The summed E-state index contributed by atoms with van der Waals surface area (Å²) in [6, 6.07) is 96.9. The highest BCUT2D eigenvalue weighted by molar-refractivity contribution is 5.95. The van der Waals surface area contributed by atoms with Crippen LogP contribution in [0.1, 0.15) is 0 Å². The fourth-order valence-electron chi connectivity index (χ4n) is 9.47. The number of hydrogen-bond donors (Lipinski definition) is 0. The predicted octanol–water partition coefficient (Wildman–Crippen LogP) is 18.2. The summed E-state index contributed by atoms with van der Waals surface area (Å²) in [6.45, 7) is 0. The maximum absolute atomic E-state index is 2.36. The summed E-state index contributed by atoms with van der Waals surface area (Å²) in [7, 11) is 0. The van der Waals surface area contributed by atoms with Crippen LogP contribution in [0.3, 0.4) is 0 Å². The van der Waals surface area contributed by atoms with Crippen molar-refractivity contribution in [3.05, 3.63) is 267 Å². The Kier molecular flexibility index (Phi) is 9.89. The van der Waals surface area contributed by atoms with E-state index in [0.717, 1.165) is 34.1 Å². The van der Waals surface area contributed by atoms with Crippen LogP contribution in [0.5, 0.6) is 0 Å². The van der Waals surface area contributed by atoms with Crippen molar-refractivity contribution in [1.29, 1.82) is 0 Å². The molecule has 2 nitrogen and oxygen atoms in total. The van der Waals surface area contributed by atoms with Crippen molar-refractivity contribution in [2.24, 2.45) is 0 Å². The molecule has 0 unspecified atom stereocenters. The molecular formula is C64H44N2. The van der Waals surface area contributed by atoms with Gasteiger partial charge in [0.2, 0.25) is 0 Å². The number of hydrogen-bond acceptors (Lipinski definition) is 2. The Morgan fingerprint density at radius 2 is 0.333 bits per heavy atom. The Hall–Kier alpha value is -8.72. The zero-order valence-electron chi connectivity index (χ0n) is 36.3. The smallest absolute Gasteiger partial charge is 0.0468 e. The maximum Gasteiger partial charge on any atom is 0.0468 e. The normalized spacial score (nSPS) is 11.3. The lowest BCUT2D eigenvalue weighted by atomic mass is 9.97. The molecule has 0 spiro atoms. The monoisotopic (exact) mass is 840 g/mol. The van der Waals surface area contributed by atoms with E-state index in [0.29, 0.717) is 0 Å². The van der Waals surface area contributed by atoms with E-state index in [-0.39, 0.29) is 0 Å². The highest BCUT2D eigenvalue weighted by Gasteiger charge is 2.16. The van der Waals surface area contributed by atoms with E-state index in [1.54, 1.807) is 0 Å². The third-order valence-corrected chi connectivity index (χ3v) is 13.0. The van der Waals surface area contributed by atoms with Gasteiger partial charge >= 0.3 is 0 Å². The molecule has 0 bridgehead atoms. The van der Waals surface area contributed by atoms with E-state index in [1.807, 2.05) is 0 Å². The second-order valence-electron chi connectivity index (χ2n) is 17.0. The number of nitrogens with zero attached hydrogens (tertiary/aromatic N) is 2. The van der Waals surface area contributed by atoms with Crippen LogP contribution in [0.2, 0.25) is 0 Å². The van der Waals surface area contributed by atoms with Gasteiger partial charge in [0.05, 0.1) is 0 Å². The Balaban J connectivity index is 0.793. The molecular weight excluding hydrogens is 797 g/mol. The SMILES string of the molecule is c1ccc2cc(N(c3ccc(-c4ccc(-c5ccc(-c6ccc(N(c7ccc8ccccc8c7)c7ccc8ccccc8c7)cc6)cc5)cc4)cc3)c3ccc4ccccc4c3)ccc2c1. The van der Waals surface area contributed by atoms with Crippen LogP contribution in [0.4, 0.5) is 34.1 Å². The van der Waals surface area contributed by atoms with Crippen LogP contribution in [0.15, 0.2) is 267 Å². The molecule has 66 heavy (non-hydrogen) atoms. The Labute approximate surface area is 385 Å². The molecule has 2 heteroatoms. The number of fused-ring (bicyclic) bond motifs is 4. The van der Waals surface area contributed by atoms with Gasteiger partial charge in [0.25, 0.3) is 0 Å². The Morgan fingerprint density at radius 3 is 0.561 bits per heavy atom. The average molecular weight is 841 g/mol. The van der Waals surface area contributed by atoms with E-state index >= 15 is 0 Å². The van der Waals surface area contributed by atoms with E-state index in [1.165, 1.54) is 76.5 Å². The van der Waals surface area contributed by atoms with E-state index in [4.69, 9.17) is 0 Å². The number of benzene rings is 12. The maximum atomic E-state index is 2.36. The standard InChI is InChI=1S/C64H44N2/c1-5-13-55-41-61(37-29-45(55)9-1)65(62-38-30-46-10-2-6-14-56(46)42-62)59-33-25-53(26-34-59)51-21-17-49(18-22-51)50-19-23-52(24-20-50)54-27-35-60(36-28-54)66(63-39-31-47-11-3-7-15-57(47)43-63)64-40-32-48-12-4-8-16-58(48)44-64/h1-44H. The molecule has 0 aliphatic heterocycles. The van der Waals surface area contributed by atoms with Crippen molar-refractivity contribution >= 4 is 77.2 Å². The molecule has 12 aromatic rings. The summed E-state index contributed by atoms with van der Waals surface area (Å²) in [4.78, 5) is 4.72. The number of rotatable bonds is 9. The second-order valence-corrected chi connectivity index (χ2v) is 17.0. The van der Waals surface area contributed by atoms with E-state index in [9.17, 15) is 0 Å². The lowest BCUT2D eigenvalue weighted by Crippen LogP contribution is -2.09. The van der Waals surface area contributed by atoms with Crippen molar-refractivity contribution in [2.45, 2.75) is 0 Å². The van der Waals surface area contributed by atoms with Gasteiger partial charge in [0.1, 0.15) is 0 Å². The molecule has 0 aliphatic rings. The van der Waals surface area contributed by atoms with Crippen molar-refractivity contribution in [3.63, 3.8) is 0 Å². The summed E-state index contributed by atoms with van der Waals surface area (Å²) in [6.07, 6.45) is 0. The lowest BCUT2D eigenvalue weighted by molar-refractivity contribution is 1.29. The van der Waals surface area contributed by atoms with Crippen LogP contribution in [-0.2, 0) is 0 Å². The fraction of sp³-hybridized carbons (Fsp3) is 0. The molecule has 310 valence electrons. The van der Waals surface area contributed by atoms with Gasteiger partial charge in [0.15, 0.2) is 0 Å². The summed E-state index contributed by atoms with van der Waals surface area (Å²) < 4.78 is 0. The van der Waals surface area contributed by atoms with Crippen LogP contribution >= 0.6 is 0 Å². The highest BCUT2D eigenvalue weighted by Crippen LogP contribution is 2.41. The van der Waals surface area contributed by atoms with Gasteiger partial charge in [-0.05, 0) is 149 Å². The van der Waals surface area contributed by atoms with Gasteiger partial charge in [-0.15, -0.1) is 0 Å². The molecule has 12 rings (SSSR count). The zero-order valence-corrected chi connectivity index (χ0v) is 36.3. The molecule has 12 aromatic carbocycles. The van der Waals surface area contributed by atoms with Crippen LogP contribution < -0.4 is 9.80 Å². The summed E-state index contributed by atoms with van der Waals surface area (Å²) >= 11 is 0. The molecule has 0 fully saturated rings. The quantitative estimate of drug-likeness (QED) is 0.143. The third kappa shape index (κ3) is 7.51. The van der Waals surface area contributed by atoms with Gasteiger partial charge in [0, 0.05) is 34.1 Å². The van der Waals surface area contributed by atoms with Crippen LogP contribution in [0.25, 0.3) is 76.5 Å². The molecule has 0 saturated heterocycles. The second kappa shape index (κ2) is 16.8. The van der Waals surface area contributed by atoms with Crippen LogP contribution in [-0.4, -0.2) is 0 Å². The van der Waals surface area contributed by atoms with Crippen molar-refractivity contribution < 1.29 is 0 Å². The molecule has 0 heterocycles. The van der Waals surface area contributed by atoms with Crippen molar-refractivity contribution in [1.82, 2.24) is 0 Å². The molecule has 0 amide bonds. The van der Waals surface area contributed by atoms with Gasteiger partial charge < -0.3 is 9.80 Å². The summed E-state index contributed by atoms with van der Waals surface area (Å²) in [5.74, 6) is 0. The van der Waals surface area contributed by atoms with Crippen molar-refractivity contribution in [3.8, 4) is 33.4 Å². The fourth-order valence-corrected chi connectivity index (χ4v) is 9.47. The van der Waals surface area contributed by atoms with Gasteiger partial charge in [-0.1, -0.05) is 194 Å². The minimum absolute atomic E-state index is 1.11. The first-order valence-corrected chi connectivity index (χ1v) is 22.6. The Bertz CT molecular complexity index is 3280. The molecule has 0 radical (unpaired) electrons. The van der Waals surface area contributed by atoms with Gasteiger partial charge in [-0.2, -0.15) is 0 Å². The molecule has 0 N–H and O–H groups in total. The first-order chi connectivity index (χ1) is 32.7. The van der Waals surface area contributed by atoms with Gasteiger partial charge in [-0.25, -0.2) is 0 Å². The third-order valence-electron chi connectivity index (χ3n) is 13.0. The first kappa shape index (κ1) is 38.9. The number of anilines is 6. The zero-order chi connectivity index (χ0) is 43.8. The van der Waals surface area contributed by atoms with E-state index in [2.05, 4.69) is 277 Å². The Morgan fingerprint density at radius 1 is 0.152 bits per heavy atom. The molecule has 0 saturated carbocycles.